The molecule has 0 bridgehead atoms. The molecule has 0 heterocycles. The van der Waals surface area contributed by atoms with Crippen LogP contribution in [0.3, 0.4) is 0 Å². The number of ether oxygens (including phenoxy) is 1. The van der Waals surface area contributed by atoms with Crippen LogP contribution in [0.1, 0.15) is 30.0 Å². The van der Waals surface area contributed by atoms with E-state index in [-0.39, 0.29) is 5.12 Å². The maximum absolute atomic E-state index is 11.7. The average Bonchev–Trinajstić information content (AvgIpc) is 2.48. The van der Waals surface area contributed by atoms with Gasteiger partial charge in [0.2, 0.25) is 0 Å². The van der Waals surface area contributed by atoms with Gasteiger partial charge in [0.05, 0.1) is 0 Å². The summed E-state index contributed by atoms with van der Waals surface area (Å²) >= 11 is 7.51. The lowest BCUT2D eigenvalue weighted by molar-refractivity contribution is -0.110. The number of thioether (sulfide) groups is 1. The van der Waals surface area contributed by atoms with Crippen molar-refractivity contribution in [1.29, 1.82) is 0 Å². The second kappa shape index (κ2) is 7.70. The van der Waals surface area contributed by atoms with Crippen molar-refractivity contribution in [2.75, 3.05) is 0 Å². The van der Waals surface area contributed by atoms with Crippen LogP contribution in [0.15, 0.2) is 41.3 Å². The molecule has 0 N–H and O–H groups in total. The molecule has 0 aromatic heterocycles. The third-order valence-electron chi connectivity index (χ3n) is 3.29. The molecule has 116 valence electrons. The molecule has 0 amide bonds. The average molecular weight is 335 g/mol. The van der Waals surface area contributed by atoms with Crippen LogP contribution in [0.25, 0.3) is 0 Å². The Hall–Kier alpha value is -1.45. The van der Waals surface area contributed by atoms with Crippen molar-refractivity contribution in [3.8, 4) is 5.75 Å². The minimum absolute atomic E-state index is 0.120. The minimum Gasteiger partial charge on any atom is -0.489 e. The van der Waals surface area contributed by atoms with Gasteiger partial charge in [-0.3, -0.25) is 4.79 Å². The van der Waals surface area contributed by atoms with Gasteiger partial charge in [-0.05, 0) is 37.6 Å². The van der Waals surface area contributed by atoms with Crippen molar-refractivity contribution in [2.45, 2.75) is 38.7 Å². The highest BCUT2D eigenvalue weighted by molar-refractivity contribution is 8.13. The van der Waals surface area contributed by atoms with E-state index in [1.54, 1.807) is 0 Å². The van der Waals surface area contributed by atoms with E-state index in [9.17, 15) is 4.79 Å². The fourth-order valence-electron chi connectivity index (χ4n) is 2.08. The summed E-state index contributed by atoms with van der Waals surface area (Å²) in [5.74, 6) is 0.836. The molecule has 0 aliphatic rings. The monoisotopic (exact) mass is 334 g/mol. The van der Waals surface area contributed by atoms with Crippen molar-refractivity contribution < 1.29 is 9.53 Å². The molecular weight excluding hydrogens is 316 g/mol. The minimum atomic E-state index is 0.120. The molecule has 4 heteroatoms. The molecule has 2 rings (SSSR count). The molecule has 0 saturated carbocycles. The van der Waals surface area contributed by atoms with E-state index in [2.05, 4.69) is 13.0 Å². The molecular formula is C18H19ClO2S. The van der Waals surface area contributed by atoms with Gasteiger partial charge in [-0.1, -0.05) is 54.0 Å². The van der Waals surface area contributed by atoms with Crippen LogP contribution in [0.4, 0.5) is 0 Å². The number of halogens is 1. The number of rotatable bonds is 5. The molecule has 0 radical (unpaired) electrons. The number of benzene rings is 2. The van der Waals surface area contributed by atoms with Gasteiger partial charge in [0.25, 0.3) is 0 Å². The van der Waals surface area contributed by atoms with Gasteiger partial charge in [-0.25, -0.2) is 0 Å². The van der Waals surface area contributed by atoms with Crippen molar-refractivity contribution in [2.24, 2.45) is 0 Å². The van der Waals surface area contributed by atoms with E-state index < -0.39 is 0 Å². The Bertz CT molecular complexity index is 683. The first kappa shape index (κ1) is 16.9. The first-order chi connectivity index (χ1) is 10.5. The van der Waals surface area contributed by atoms with E-state index in [1.807, 2.05) is 44.2 Å². The predicted molar refractivity (Wildman–Crippen MR) is 92.9 cm³/mol. The lowest BCUT2D eigenvalue weighted by atomic mass is 10.1. The molecule has 0 atom stereocenters. The van der Waals surface area contributed by atoms with E-state index in [1.165, 1.54) is 17.3 Å². The largest absolute Gasteiger partial charge is 0.489 e. The molecule has 22 heavy (non-hydrogen) atoms. The van der Waals surface area contributed by atoms with E-state index in [0.717, 1.165) is 21.8 Å². The number of carbonyl (C=O) groups excluding carboxylic acids is 1. The Kier molecular flexibility index (Phi) is 5.92. The van der Waals surface area contributed by atoms with E-state index in [0.29, 0.717) is 18.1 Å². The Morgan fingerprint density at radius 1 is 1.23 bits per heavy atom. The fourth-order valence-corrected chi connectivity index (χ4v) is 3.19. The van der Waals surface area contributed by atoms with Gasteiger partial charge < -0.3 is 4.74 Å². The Balaban J connectivity index is 2.19. The standard InChI is InChI=1S/C18H19ClO2S/c1-4-18(20)22-17-7-5-6-15(19)14(17)11-21-16-9-8-12(2)10-13(16)3/h5-10H,4,11H2,1-3H3. The van der Waals surface area contributed by atoms with Gasteiger partial charge in [0.1, 0.15) is 12.4 Å². The number of aryl methyl sites for hydroxylation is 2. The molecule has 0 fully saturated rings. The normalized spacial score (nSPS) is 10.5. The summed E-state index contributed by atoms with van der Waals surface area (Å²) in [4.78, 5) is 12.6. The summed E-state index contributed by atoms with van der Waals surface area (Å²) in [6, 6.07) is 11.6. The van der Waals surface area contributed by atoms with Crippen LogP contribution < -0.4 is 4.74 Å². The van der Waals surface area contributed by atoms with Gasteiger partial charge in [-0.2, -0.15) is 0 Å². The highest BCUT2D eigenvalue weighted by Gasteiger charge is 2.12. The van der Waals surface area contributed by atoms with E-state index >= 15 is 0 Å². The predicted octanol–water partition coefficient (Wildman–Crippen LogP) is 5.56. The second-order valence-electron chi connectivity index (χ2n) is 5.10. The zero-order chi connectivity index (χ0) is 16.1. The SMILES string of the molecule is CCC(=O)Sc1cccc(Cl)c1COc1ccc(C)cc1C. The molecule has 2 aromatic carbocycles. The van der Waals surface area contributed by atoms with Gasteiger partial charge in [0.15, 0.2) is 5.12 Å². The van der Waals surface area contributed by atoms with Crippen LogP contribution in [0.2, 0.25) is 5.02 Å². The van der Waals surface area contributed by atoms with Gasteiger partial charge in [-0.15, -0.1) is 0 Å². The Morgan fingerprint density at radius 3 is 2.68 bits per heavy atom. The topological polar surface area (TPSA) is 26.3 Å². The first-order valence-corrected chi connectivity index (χ1v) is 8.38. The van der Waals surface area contributed by atoms with Crippen molar-refractivity contribution in [1.82, 2.24) is 0 Å². The third kappa shape index (κ3) is 4.28. The Labute approximate surface area is 140 Å². The highest BCUT2D eigenvalue weighted by Crippen LogP contribution is 2.31. The number of hydrogen-bond donors (Lipinski definition) is 0. The molecule has 0 unspecified atom stereocenters. The fraction of sp³-hybridized carbons (Fsp3) is 0.278. The zero-order valence-electron chi connectivity index (χ0n) is 13.0. The van der Waals surface area contributed by atoms with E-state index in [4.69, 9.17) is 16.3 Å². The second-order valence-corrected chi connectivity index (χ2v) is 6.61. The molecule has 2 aromatic rings. The maximum Gasteiger partial charge on any atom is 0.193 e. The van der Waals surface area contributed by atoms with Crippen LogP contribution in [0.5, 0.6) is 5.75 Å². The number of carbonyl (C=O) groups is 1. The summed E-state index contributed by atoms with van der Waals surface area (Å²) in [7, 11) is 0. The quantitative estimate of drug-likeness (QED) is 0.669. The summed E-state index contributed by atoms with van der Waals surface area (Å²) in [5, 5.41) is 0.744. The third-order valence-corrected chi connectivity index (χ3v) is 4.76. The molecule has 0 aliphatic carbocycles. The van der Waals surface area contributed by atoms with Crippen LogP contribution in [-0.4, -0.2) is 5.12 Å². The summed E-state index contributed by atoms with van der Waals surface area (Å²) in [6.07, 6.45) is 0.495. The maximum atomic E-state index is 11.7. The zero-order valence-corrected chi connectivity index (χ0v) is 14.6. The van der Waals surface area contributed by atoms with Crippen LogP contribution in [-0.2, 0) is 11.4 Å². The summed E-state index contributed by atoms with van der Waals surface area (Å²) in [6.45, 7) is 6.27. The number of hydrogen-bond acceptors (Lipinski definition) is 3. The van der Waals surface area contributed by atoms with Gasteiger partial charge in [0, 0.05) is 21.9 Å². The first-order valence-electron chi connectivity index (χ1n) is 7.19. The molecule has 0 aliphatic heterocycles. The van der Waals surface area contributed by atoms with Crippen molar-refractivity contribution in [3.05, 3.63) is 58.1 Å². The molecule has 2 nitrogen and oxygen atoms in total. The smallest absolute Gasteiger partial charge is 0.193 e. The summed E-state index contributed by atoms with van der Waals surface area (Å²) < 4.78 is 5.91. The van der Waals surface area contributed by atoms with Crippen molar-refractivity contribution >= 4 is 28.5 Å². The van der Waals surface area contributed by atoms with Gasteiger partial charge >= 0.3 is 0 Å². The molecule has 0 saturated heterocycles. The van der Waals surface area contributed by atoms with Crippen LogP contribution >= 0.6 is 23.4 Å². The van der Waals surface area contributed by atoms with Crippen molar-refractivity contribution in [3.63, 3.8) is 0 Å². The highest BCUT2D eigenvalue weighted by atomic mass is 35.5. The lowest BCUT2D eigenvalue weighted by Crippen LogP contribution is -2.01. The summed E-state index contributed by atoms with van der Waals surface area (Å²) in [5.41, 5.74) is 3.15. The lowest BCUT2D eigenvalue weighted by Gasteiger charge is -2.13. The van der Waals surface area contributed by atoms with Crippen LogP contribution in [0, 0.1) is 13.8 Å². The molecule has 0 spiro atoms. The Morgan fingerprint density at radius 2 is 2.00 bits per heavy atom.